The summed E-state index contributed by atoms with van der Waals surface area (Å²) in [5.41, 5.74) is 0. The van der Waals surface area contributed by atoms with Crippen molar-refractivity contribution in [3.63, 3.8) is 0 Å². The normalized spacial score (nSPS) is 31.1. The molecule has 0 amide bonds. The first-order chi connectivity index (χ1) is 11.7. The Morgan fingerprint density at radius 2 is 2.21 bits per heavy atom. The predicted octanol–water partition coefficient (Wildman–Crippen LogP) is 1.96. The third kappa shape index (κ3) is 3.88. The van der Waals surface area contributed by atoms with Gasteiger partial charge in [0.1, 0.15) is 6.54 Å². The summed E-state index contributed by atoms with van der Waals surface area (Å²) in [5, 5.41) is 11.0. The van der Waals surface area contributed by atoms with Crippen LogP contribution < -0.4 is 10.6 Å². The van der Waals surface area contributed by atoms with E-state index in [0.29, 0.717) is 30.3 Å². The number of nitrogens with zero attached hydrogens (tertiary/aromatic N) is 3. The van der Waals surface area contributed by atoms with Crippen LogP contribution in [0.2, 0.25) is 0 Å². The van der Waals surface area contributed by atoms with Crippen molar-refractivity contribution in [1.29, 1.82) is 0 Å². The van der Waals surface area contributed by atoms with Gasteiger partial charge in [-0.2, -0.15) is 4.98 Å². The maximum absolute atomic E-state index is 5.77. The highest BCUT2D eigenvalue weighted by Crippen LogP contribution is 2.38. The summed E-state index contributed by atoms with van der Waals surface area (Å²) in [4.78, 5) is 9.10. The number of rotatable bonds is 6. The van der Waals surface area contributed by atoms with E-state index in [1.165, 1.54) is 19.3 Å². The molecule has 2 N–H and O–H groups in total. The Hall–Kier alpha value is -1.63. The maximum Gasteiger partial charge on any atom is 0.248 e. The van der Waals surface area contributed by atoms with E-state index in [1.807, 2.05) is 0 Å². The highest BCUT2D eigenvalue weighted by atomic mass is 16.5. The average Bonchev–Trinajstić information content (AvgIpc) is 3.40. The van der Waals surface area contributed by atoms with Crippen LogP contribution in [0, 0.1) is 5.92 Å². The Labute approximate surface area is 142 Å². The number of ether oxygens (including phenoxy) is 1. The fourth-order valence-corrected chi connectivity index (χ4v) is 3.12. The Kier molecular flexibility index (Phi) is 4.43. The minimum absolute atomic E-state index is 0.234. The zero-order valence-electron chi connectivity index (χ0n) is 14.5. The fourth-order valence-electron chi connectivity index (χ4n) is 3.12. The number of hydrogen-bond donors (Lipinski definition) is 2. The molecule has 24 heavy (non-hydrogen) atoms. The number of nitrogens with one attached hydrogen (secondary N) is 2. The van der Waals surface area contributed by atoms with Crippen LogP contribution in [0.15, 0.2) is 9.52 Å². The molecule has 3 aliphatic rings. The Bertz CT molecular complexity index is 592. The van der Waals surface area contributed by atoms with Gasteiger partial charge in [0.05, 0.1) is 12.1 Å². The van der Waals surface area contributed by atoms with Gasteiger partial charge in [0.15, 0.2) is 11.8 Å². The number of aromatic nitrogens is 2. The largest absolute Gasteiger partial charge is 0.376 e. The number of aliphatic imine (C=N–C) groups is 1. The van der Waals surface area contributed by atoms with Crippen LogP contribution in [-0.4, -0.2) is 40.9 Å². The van der Waals surface area contributed by atoms with E-state index in [1.54, 1.807) is 0 Å². The van der Waals surface area contributed by atoms with Gasteiger partial charge < -0.3 is 19.9 Å². The van der Waals surface area contributed by atoms with E-state index in [4.69, 9.17) is 9.26 Å². The topological polar surface area (TPSA) is 84.6 Å². The van der Waals surface area contributed by atoms with Crippen molar-refractivity contribution in [3.05, 3.63) is 11.7 Å². The summed E-state index contributed by atoms with van der Waals surface area (Å²) in [7, 11) is 0. The molecule has 0 spiro atoms. The van der Waals surface area contributed by atoms with E-state index in [0.717, 1.165) is 31.2 Å². The van der Waals surface area contributed by atoms with E-state index < -0.39 is 0 Å². The van der Waals surface area contributed by atoms with Crippen molar-refractivity contribution in [2.24, 2.45) is 10.9 Å². The molecule has 0 bridgehead atoms. The first-order valence-corrected chi connectivity index (χ1v) is 9.20. The SMILES string of the molecule is C[C@@H]1C[C@@H]1NC(=NCc1nc(C2CC2)no1)N[C@H](C)[C@@H]1CCCO1. The number of hydrogen-bond acceptors (Lipinski definition) is 5. The van der Waals surface area contributed by atoms with Gasteiger partial charge in [-0.05, 0) is 44.9 Å². The predicted molar refractivity (Wildman–Crippen MR) is 89.7 cm³/mol. The lowest BCUT2D eigenvalue weighted by Gasteiger charge is -2.22. The van der Waals surface area contributed by atoms with Gasteiger partial charge >= 0.3 is 0 Å². The van der Waals surface area contributed by atoms with Crippen LogP contribution >= 0.6 is 0 Å². The second-order valence-corrected chi connectivity index (χ2v) is 7.43. The Morgan fingerprint density at radius 1 is 1.38 bits per heavy atom. The summed E-state index contributed by atoms with van der Waals surface area (Å²) >= 11 is 0. The lowest BCUT2D eigenvalue weighted by molar-refractivity contribution is 0.0890. The molecular weight excluding hydrogens is 306 g/mol. The Morgan fingerprint density at radius 3 is 2.88 bits per heavy atom. The van der Waals surface area contributed by atoms with Crippen LogP contribution in [0.3, 0.4) is 0 Å². The maximum atomic E-state index is 5.77. The molecule has 1 aromatic heterocycles. The second kappa shape index (κ2) is 6.70. The van der Waals surface area contributed by atoms with Gasteiger partial charge in [-0.1, -0.05) is 12.1 Å². The molecule has 7 nitrogen and oxygen atoms in total. The van der Waals surface area contributed by atoms with Crippen molar-refractivity contribution < 1.29 is 9.26 Å². The van der Waals surface area contributed by atoms with Crippen molar-refractivity contribution >= 4 is 5.96 Å². The molecule has 1 aromatic rings. The second-order valence-electron chi connectivity index (χ2n) is 7.43. The van der Waals surface area contributed by atoms with Crippen molar-refractivity contribution in [3.8, 4) is 0 Å². The summed E-state index contributed by atoms with van der Waals surface area (Å²) < 4.78 is 11.1. The van der Waals surface area contributed by atoms with Gasteiger partial charge in [0, 0.05) is 18.6 Å². The molecule has 0 radical (unpaired) electrons. The summed E-state index contributed by atoms with van der Waals surface area (Å²) in [6, 6.07) is 0.746. The van der Waals surface area contributed by atoms with Crippen LogP contribution in [0.1, 0.15) is 63.6 Å². The molecule has 4 rings (SSSR count). The van der Waals surface area contributed by atoms with Gasteiger partial charge in [-0.3, -0.25) is 0 Å². The van der Waals surface area contributed by atoms with E-state index in [2.05, 4.69) is 39.6 Å². The zero-order valence-corrected chi connectivity index (χ0v) is 14.5. The first-order valence-electron chi connectivity index (χ1n) is 9.20. The Balaban J connectivity index is 1.37. The molecule has 1 saturated heterocycles. The molecule has 2 saturated carbocycles. The molecule has 3 fully saturated rings. The van der Waals surface area contributed by atoms with Crippen molar-refractivity contribution in [2.45, 2.75) is 76.6 Å². The summed E-state index contributed by atoms with van der Waals surface area (Å²) in [6.45, 7) is 5.68. The van der Waals surface area contributed by atoms with Crippen molar-refractivity contribution in [1.82, 2.24) is 20.8 Å². The first kappa shape index (κ1) is 15.9. The third-order valence-corrected chi connectivity index (χ3v) is 5.12. The molecule has 0 unspecified atom stereocenters. The molecule has 2 heterocycles. The van der Waals surface area contributed by atoms with Crippen LogP contribution in [-0.2, 0) is 11.3 Å². The average molecular weight is 333 g/mol. The van der Waals surface area contributed by atoms with Gasteiger partial charge in [0.2, 0.25) is 5.89 Å². The van der Waals surface area contributed by atoms with Crippen LogP contribution in [0.5, 0.6) is 0 Å². The van der Waals surface area contributed by atoms with Crippen molar-refractivity contribution in [2.75, 3.05) is 6.61 Å². The van der Waals surface area contributed by atoms with Crippen LogP contribution in [0.4, 0.5) is 0 Å². The monoisotopic (exact) mass is 333 g/mol. The van der Waals surface area contributed by atoms with E-state index in [9.17, 15) is 0 Å². The highest BCUT2D eigenvalue weighted by molar-refractivity contribution is 5.80. The molecule has 2 aliphatic carbocycles. The van der Waals surface area contributed by atoms with Crippen LogP contribution in [0.25, 0.3) is 0 Å². The third-order valence-electron chi connectivity index (χ3n) is 5.12. The molecule has 1 aliphatic heterocycles. The standard InChI is InChI=1S/C17H27N5O2/c1-10-8-13(10)20-17(19-11(2)14-4-3-7-23-14)18-9-15-21-16(22-24-15)12-5-6-12/h10-14H,3-9H2,1-2H3,(H2,18,19,20)/t10-,11-,13+,14+/m1/s1. The zero-order chi connectivity index (χ0) is 16.5. The van der Waals surface area contributed by atoms with Gasteiger partial charge in [-0.15, -0.1) is 0 Å². The van der Waals surface area contributed by atoms with E-state index >= 15 is 0 Å². The fraction of sp³-hybridized carbons (Fsp3) is 0.824. The van der Waals surface area contributed by atoms with E-state index in [-0.39, 0.29) is 12.1 Å². The van der Waals surface area contributed by atoms with Gasteiger partial charge in [-0.25, -0.2) is 4.99 Å². The quantitative estimate of drug-likeness (QED) is 0.611. The van der Waals surface area contributed by atoms with Gasteiger partial charge in [0.25, 0.3) is 0 Å². The summed E-state index contributed by atoms with van der Waals surface area (Å²) in [5.74, 6) is 3.46. The lowest BCUT2D eigenvalue weighted by Crippen LogP contribution is -2.48. The molecular formula is C17H27N5O2. The molecule has 7 heteroatoms. The molecule has 0 aromatic carbocycles. The number of guanidine groups is 1. The molecule has 4 atom stereocenters. The minimum atomic E-state index is 0.234. The highest BCUT2D eigenvalue weighted by Gasteiger charge is 2.34. The smallest absolute Gasteiger partial charge is 0.248 e. The molecule has 132 valence electrons. The lowest BCUT2D eigenvalue weighted by atomic mass is 10.1. The minimum Gasteiger partial charge on any atom is -0.376 e. The summed E-state index contributed by atoms with van der Waals surface area (Å²) in [6.07, 6.45) is 6.06.